The number of nitrogens with zero attached hydrogens (tertiary/aromatic N) is 1. The first-order valence-corrected chi connectivity index (χ1v) is 8.68. The summed E-state index contributed by atoms with van der Waals surface area (Å²) in [5.74, 6) is 1.08. The van der Waals surface area contributed by atoms with Crippen LogP contribution in [0.3, 0.4) is 0 Å². The van der Waals surface area contributed by atoms with Gasteiger partial charge in [0, 0.05) is 23.6 Å². The van der Waals surface area contributed by atoms with Gasteiger partial charge in [-0.05, 0) is 43.3 Å². The van der Waals surface area contributed by atoms with Crippen LogP contribution in [0.4, 0.5) is 5.69 Å². The molecule has 3 aromatic rings. The Bertz CT molecular complexity index is 927. The van der Waals surface area contributed by atoms with Gasteiger partial charge in [0.05, 0.1) is 5.69 Å². The zero-order chi connectivity index (χ0) is 18.5. The van der Waals surface area contributed by atoms with Crippen LogP contribution in [0.2, 0.25) is 5.02 Å². The highest BCUT2D eigenvalue weighted by molar-refractivity contribution is 6.31. The molecule has 26 heavy (non-hydrogen) atoms. The van der Waals surface area contributed by atoms with Gasteiger partial charge in [-0.1, -0.05) is 29.8 Å². The number of anilines is 1. The minimum Gasteiger partial charge on any atom is -0.455 e. The number of aryl methyl sites for hydroxylation is 1. The van der Waals surface area contributed by atoms with Crippen molar-refractivity contribution in [2.75, 3.05) is 5.32 Å². The number of ether oxygens (including phenoxy) is 1. The number of amides is 1. The summed E-state index contributed by atoms with van der Waals surface area (Å²) < 4.78 is 7.79. The zero-order valence-electron chi connectivity index (χ0n) is 14.7. The maximum absolute atomic E-state index is 12.5. The molecule has 1 N–H and O–H groups in total. The van der Waals surface area contributed by atoms with E-state index in [0.29, 0.717) is 22.2 Å². The number of benzene rings is 2. The normalized spacial score (nSPS) is 10.4. The Hall–Kier alpha value is -2.85. The first-order chi connectivity index (χ1) is 12.5. The molecule has 0 atom stereocenters. The Morgan fingerprint density at radius 2 is 1.85 bits per heavy atom. The molecule has 1 amide bonds. The number of aromatic nitrogens is 1. The lowest BCUT2D eigenvalue weighted by molar-refractivity contribution is -0.690. The number of nitrogens with one attached hydrogen (secondary N) is 1. The molecule has 1 heterocycles. The van der Waals surface area contributed by atoms with Crippen molar-refractivity contribution in [3.8, 4) is 11.5 Å². The van der Waals surface area contributed by atoms with Gasteiger partial charge in [-0.25, -0.2) is 0 Å². The van der Waals surface area contributed by atoms with Crippen molar-refractivity contribution in [3.05, 3.63) is 83.1 Å². The van der Waals surface area contributed by atoms with Gasteiger partial charge in [-0.2, -0.15) is 4.57 Å². The molecular weight excluding hydrogens is 348 g/mol. The summed E-state index contributed by atoms with van der Waals surface area (Å²) in [5, 5.41) is 3.43. The van der Waals surface area contributed by atoms with Gasteiger partial charge in [0.15, 0.2) is 17.6 Å². The number of hydrogen-bond acceptors (Lipinski definition) is 2. The van der Waals surface area contributed by atoms with Crippen LogP contribution in [-0.4, -0.2) is 5.91 Å². The minimum absolute atomic E-state index is 0.149. The fourth-order valence-electron chi connectivity index (χ4n) is 2.57. The SMILES string of the molecule is Cc1ccc[n+](CC(=O)Nc2cc(Cl)ccc2Oc2ccccc2)c1C. The van der Waals surface area contributed by atoms with Crippen molar-refractivity contribution < 1.29 is 14.1 Å². The lowest BCUT2D eigenvalue weighted by Crippen LogP contribution is -2.43. The fourth-order valence-corrected chi connectivity index (χ4v) is 2.74. The van der Waals surface area contributed by atoms with Crippen LogP contribution in [-0.2, 0) is 11.3 Å². The molecule has 0 aliphatic rings. The van der Waals surface area contributed by atoms with Crippen LogP contribution in [0, 0.1) is 13.8 Å². The first-order valence-electron chi connectivity index (χ1n) is 8.31. The van der Waals surface area contributed by atoms with Crippen LogP contribution >= 0.6 is 11.6 Å². The number of carbonyl (C=O) groups is 1. The van der Waals surface area contributed by atoms with Gasteiger partial charge in [0.2, 0.25) is 6.54 Å². The number of pyridine rings is 1. The van der Waals surface area contributed by atoms with Crippen LogP contribution in [0.1, 0.15) is 11.3 Å². The molecule has 5 heteroatoms. The smallest absolute Gasteiger partial charge is 0.290 e. The fraction of sp³-hybridized carbons (Fsp3) is 0.143. The molecule has 2 aromatic carbocycles. The largest absolute Gasteiger partial charge is 0.455 e. The average molecular weight is 368 g/mol. The Labute approximate surface area is 158 Å². The van der Waals surface area contributed by atoms with Crippen molar-refractivity contribution in [3.63, 3.8) is 0 Å². The summed E-state index contributed by atoms with van der Waals surface area (Å²) in [5.41, 5.74) is 2.72. The molecule has 0 spiro atoms. The van der Waals surface area contributed by atoms with E-state index in [1.54, 1.807) is 18.2 Å². The van der Waals surface area contributed by atoms with Gasteiger partial charge in [0.25, 0.3) is 5.91 Å². The van der Waals surface area contributed by atoms with E-state index < -0.39 is 0 Å². The lowest BCUT2D eigenvalue weighted by Gasteiger charge is -2.12. The Balaban J connectivity index is 1.79. The summed E-state index contributed by atoms with van der Waals surface area (Å²) in [4.78, 5) is 12.5. The number of carbonyl (C=O) groups excluding carboxylic acids is 1. The third-order valence-corrected chi connectivity index (χ3v) is 4.35. The van der Waals surface area contributed by atoms with Gasteiger partial charge in [-0.3, -0.25) is 4.79 Å². The maximum atomic E-state index is 12.5. The average Bonchev–Trinajstić information content (AvgIpc) is 2.62. The highest BCUT2D eigenvalue weighted by atomic mass is 35.5. The van der Waals surface area contributed by atoms with Crippen LogP contribution < -0.4 is 14.6 Å². The zero-order valence-corrected chi connectivity index (χ0v) is 15.5. The van der Waals surface area contributed by atoms with Crippen molar-refractivity contribution in [1.29, 1.82) is 0 Å². The Morgan fingerprint density at radius 3 is 2.62 bits per heavy atom. The summed E-state index contributed by atoms with van der Waals surface area (Å²) in [6.07, 6.45) is 1.89. The molecule has 1 aromatic heterocycles. The van der Waals surface area contributed by atoms with E-state index >= 15 is 0 Å². The van der Waals surface area contributed by atoms with E-state index in [1.807, 2.05) is 67.1 Å². The second kappa shape index (κ2) is 8.02. The standard InChI is InChI=1S/C21H19ClN2O2/c1-15-7-6-12-24(16(15)2)14-21(25)23-19-13-17(22)10-11-20(19)26-18-8-4-3-5-9-18/h3-13H,14H2,1-2H3/p+1. The molecule has 0 aliphatic carbocycles. The maximum Gasteiger partial charge on any atom is 0.290 e. The molecule has 0 radical (unpaired) electrons. The second-order valence-corrected chi connectivity index (χ2v) is 6.44. The van der Waals surface area contributed by atoms with Crippen molar-refractivity contribution in [2.24, 2.45) is 0 Å². The van der Waals surface area contributed by atoms with Gasteiger partial charge in [0.1, 0.15) is 5.75 Å². The molecule has 4 nitrogen and oxygen atoms in total. The van der Waals surface area contributed by atoms with Gasteiger partial charge < -0.3 is 10.1 Å². The third kappa shape index (κ3) is 4.41. The summed E-state index contributed by atoms with van der Waals surface area (Å²) in [6.45, 7) is 4.23. The number of para-hydroxylation sites is 1. The van der Waals surface area contributed by atoms with E-state index in [4.69, 9.17) is 16.3 Å². The molecule has 0 saturated heterocycles. The Kier molecular flexibility index (Phi) is 5.54. The number of halogens is 1. The third-order valence-electron chi connectivity index (χ3n) is 4.11. The van der Waals surface area contributed by atoms with Crippen molar-refractivity contribution in [1.82, 2.24) is 0 Å². The molecule has 0 unspecified atom stereocenters. The monoisotopic (exact) mass is 367 g/mol. The minimum atomic E-state index is -0.149. The molecular formula is C21H20ClN2O2+. The summed E-state index contributed by atoms with van der Waals surface area (Å²) in [6, 6.07) is 18.5. The first kappa shape index (κ1) is 18.0. The predicted molar refractivity (Wildman–Crippen MR) is 103 cm³/mol. The van der Waals surface area contributed by atoms with E-state index in [2.05, 4.69) is 5.32 Å². The predicted octanol–water partition coefficient (Wildman–Crippen LogP) is 4.68. The van der Waals surface area contributed by atoms with Gasteiger partial charge >= 0.3 is 0 Å². The molecule has 3 rings (SSSR count). The Morgan fingerprint density at radius 1 is 1.08 bits per heavy atom. The topological polar surface area (TPSA) is 42.2 Å². The lowest BCUT2D eigenvalue weighted by atomic mass is 10.2. The summed E-state index contributed by atoms with van der Waals surface area (Å²) >= 11 is 6.10. The second-order valence-electron chi connectivity index (χ2n) is 6.01. The van der Waals surface area contributed by atoms with E-state index in [1.165, 1.54) is 0 Å². The van der Waals surface area contributed by atoms with Crippen LogP contribution in [0.5, 0.6) is 11.5 Å². The molecule has 0 aliphatic heterocycles. The van der Waals surface area contributed by atoms with E-state index in [-0.39, 0.29) is 12.5 Å². The molecule has 0 fully saturated rings. The highest BCUT2D eigenvalue weighted by Gasteiger charge is 2.16. The number of rotatable bonds is 5. The highest BCUT2D eigenvalue weighted by Crippen LogP contribution is 2.31. The quantitative estimate of drug-likeness (QED) is 0.665. The van der Waals surface area contributed by atoms with E-state index in [9.17, 15) is 4.79 Å². The summed E-state index contributed by atoms with van der Waals surface area (Å²) in [7, 11) is 0. The van der Waals surface area contributed by atoms with Crippen LogP contribution in [0.25, 0.3) is 0 Å². The van der Waals surface area contributed by atoms with E-state index in [0.717, 1.165) is 11.3 Å². The molecule has 132 valence electrons. The van der Waals surface area contributed by atoms with Crippen molar-refractivity contribution >= 4 is 23.2 Å². The van der Waals surface area contributed by atoms with Gasteiger partial charge in [-0.15, -0.1) is 0 Å². The molecule has 0 saturated carbocycles. The van der Waals surface area contributed by atoms with Crippen molar-refractivity contribution in [2.45, 2.75) is 20.4 Å². The number of hydrogen-bond donors (Lipinski definition) is 1. The molecule has 0 bridgehead atoms. The van der Waals surface area contributed by atoms with Crippen LogP contribution in [0.15, 0.2) is 66.9 Å².